The number of allylic oxidation sites excluding steroid dienone is 9. The average Bonchev–Trinajstić information content (AvgIpc) is 3.38. The van der Waals surface area contributed by atoms with E-state index in [-0.39, 0.29) is 0 Å². The lowest BCUT2D eigenvalue weighted by Gasteiger charge is -2.11. The molecule has 0 unspecified atom stereocenters. The molecule has 0 atom stereocenters. The highest BCUT2D eigenvalue weighted by molar-refractivity contribution is 6.01. The lowest BCUT2D eigenvalue weighted by molar-refractivity contribution is 1.07. The normalized spacial score (nSPS) is 18.1. The molecule has 0 radical (unpaired) electrons. The van der Waals surface area contributed by atoms with Crippen molar-refractivity contribution in [2.45, 2.75) is 19.3 Å². The van der Waals surface area contributed by atoms with Gasteiger partial charge in [0.1, 0.15) is 0 Å². The van der Waals surface area contributed by atoms with Crippen LogP contribution in [0.2, 0.25) is 0 Å². The summed E-state index contributed by atoms with van der Waals surface area (Å²) in [6, 6.07) is 47.7. The van der Waals surface area contributed by atoms with Crippen molar-refractivity contribution < 1.29 is 0 Å². The van der Waals surface area contributed by atoms with Gasteiger partial charge < -0.3 is 0 Å². The van der Waals surface area contributed by atoms with Crippen molar-refractivity contribution in [1.82, 2.24) is 4.98 Å². The third kappa shape index (κ3) is 6.88. The van der Waals surface area contributed by atoms with Crippen molar-refractivity contribution in [3.05, 3.63) is 210 Å². The minimum atomic E-state index is 0.605. The molecule has 2 heterocycles. The highest BCUT2D eigenvalue weighted by Crippen LogP contribution is 2.32. The largest absolute Gasteiger partial charge is 0.284 e. The quantitative estimate of drug-likeness (QED) is 0.177. The number of fused-ring (bicyclic) bond motifs is 1. The molecule has 0 N–H and O–H groups in total. The van der Waals surface area contributed by atoms with Gasteiger partial charge in [-0.3, -0.25) is 9.98 Å². The Hall–Kier alpha value is -6.12. The summed E-state index contributed by atoms with van der Waals surface area (Å²) in [6.45, 7) is 0.605. The van der Waals surface area contributed by atoms with Crippen LogP contribution in [-0.4, -0.2) is 17.2 Å². The molecular weight excluding hydrogens is 605 g/mol. The van der Waals surface area contributed by atoms with Crippen molar-refractivity contribution in [3.8, 4) is 22.3 Å². The Labute approximate surface area is 294 Å². The molecule has 2 nitrogen and oxygen atoms in total. The molecule has 1 aliphatic heterocycles. The summed E-state index contributed by atoms with van der Waals surface area (Å²) in [5, 5.41) is 2.57. The molecule has 240 valence electrons. The van der Waals surface area contributed by atoms with E-state index < -0.39 is 0 Å². The van der Waals surface area contributed by atoms with Gasteiger partial charge in [-0.15, -0.1) is 0 Å². The Bertz CT molecular complexity index is 2310. The Balaban J connectivity index is 1.15. The predicted molar refractivity (Wildman–Crippen MR) is 212 cm³/mol. The summed E-state index contributed by atoms with van der Waals surface area (Å²) in [6.07, 6.45) is 20.4. The molecule has 2 heteroatoms. The van der Waals surface area contributed by atoms with Crippen molar-refractivity contribution in [1.29, 1.82) is 0 Å². The van der Waals surface area contributed by atoms with Crippen LogP contribution >= 0.6 is 0 Å². The van der Waals surface area contributed by atoms with Crippen LogP contribution in [0.5, 0.6) is 0 Å². The first-order valence-electron chi connectivity index (χ1n) is 17.5. The maximum Gasteiger partial charge on any atom is 0.0649 e. The Morgan fingerprint density at radius 2 is 1.22 bits per heavy atom. The molecule has 1 aliphatic carbocycles. The smallest absolute Gasteiger partial charge is 0.0649 e. The highest BCUT2D eigenvalue weighted by atomic mass is 14.7. The maximum absolute atomic E-state index is 5.29. The van der Waals surface area contributed by atoms with Gasteiger partial charge in [-0.05, 0) is 103 Å². The summed E-state index contributed by atoms with van der Waals surface area (Å²) in [5.41, 5.74) is 14.5. The molecule has 0 saturated heterocycles. The number of nitrogens with zero attached hydrogens (tertiary/aromatic N) is 2. The lowest BCUT2D eigenvalue weighted by atomic mass is 9.95. The summed E-state index contributed by atoms with van der Waals surface area (Å²) >= 11 is 0. The van der Waals surface area contributed by atoms with Crippen molar-refractivity contribution in [3.63, 3.8) is 0 Å². The van der Waals surface area contributed by atoms with Gasteiger partial charge in [0.2, 0.25) is 0 Å². The van der Waals surface area contributed by atoms with Crippen LogP contribution in [0.1, 0.15) is 36.0 Å². The van der Waals surface area contributed by atoms with Gasteiger partial charge in [0.25, 0.3) is 0 Å². The molecular formula is C48H38N2. The van der Waals surface area contributed by atoms with Crippen LogP contribution in [0.25, 0.3) is 44.2 Å². The van der Waals surface area contributed by atoms with E-state index in [1.54, 1.807) is 0 Å². The molecule has 0 fully saturated rings. The minimum absolute atomic E-state index is 0.605. The second-order valence-electron chi connectivity index (χ2n) is 12.8. The first-order valence-corrected chi connectivity index (χ1v) is 17.5. The van der Waals surface area contributed by atoms with Crippen molar-refractivity contribution in [2.24, 2.45) is 4.99 Å². The number of aromatic nitrogens is 1. The number of rotatable bonds is 6. The van der Waals surface area contributed by atoms with Crippen LogP contribution in [0, 0.1) is 0 Å². The van der Waals surface area contributed by atoms with Crippen LogP contribution < -0.4 is 0 Å². The first-order chi connectivity index (χ1) is 24.8. The molecule has 0 amide bonds. The Morgan fingerprint density at radius 3 is 2.04 bits per heavy atom. The number of hydrogen-bond donors (Lipinski definition) is 0. The fourth-order valence-electron chi connectivity index (χ4n) is 6.95. The van der Waals surface area contributed by atoms with Crippen LogP contribution in [0.15, 0.2) is 198 Å². The van der Waals surface area contributed by atoms with Crippen LogP contribution in [-0.2, 0) is 0 Å². The zero-order valence-corrected chi connectivity index (χ0v) is 28.0. The van der Waals surface area contributed by atoms with E-state index in [0.717, 1.165) is 36.1 Å². The molecule has 0 bridgehead atoms. The summed E-state index contributed by atoms with van der Waals surface area (Å²) in [7, 11) is 0. The molecule has 5 aromatic carbocycles. The van der Waals surface area contributed by atoms with Gasteiger partial charge in [0, 0.05) is 18.1 Å². The second kappa shape index (κ2) is 14.6. The van der Waals surface area contributed by atoms with E-state index in [9.17, 15) is 0 Å². The van der Waals surface area contributed by atoms with E-state index in [1.807, 2.05) is 18.5 Å². The fourth-order valence-corrected chi connectivity index (χ4v) is 6.95. The van der Waals surface area contributed by atoms with E-state index in [0.29, 0.717) is 6.54 Å². The predicted octanol–water partition coefficient (Wildman–Crippen LogP) is 12.1. The number of pyridine rings is 1. The maximum atomic E-state index is 5.29. The zero-order valence-electron chi connectivity index (χ0n) is 28.0. The summed E-state index contributed by atoms with van der Waals surface area (Å²) in [4.78, 5) is 9.61. The number of hydrogen-bond acceptors (Lipinski definition) is 2. The Kier molecular flexibility index (Phi) is 9.07. The second-order valence-corrected chi connectivity index (χ2v) is 12.8. The molecule has 1 aromatic heterocycles. The average molecular weight is 643 g/mol. The monoisotopic (exact) mass is 642 g/mol. The lowest BCUT2D eigenvalue weighted by Crippen LogP contribution is -2.02. The molecule has 8 rings (SSSR count). The van der Waals surface area contributed by atoms with Gasteiger partial charge in [-0.25, -0.2) is 0 Å². The van der Waals surface area contributed by atoms with E-state index in [1.165, 1.54) is 60.9 Å². The van der Waals surface area contributed by atoms with Gasteiger partial charge in [-0.1, -0.05) is 158 Å². The number of benzene rings is 5. The summed E-state index contributed by atoms with van der Waals surface area (Å²) in [5.74, 6) is 0. The van der Waals surface area contributed by atoms with Crippen molar-refractivity contribution >= 4 is 27.6 Å². The van der Waals surface area contributed by atoms with Gasteiger partial charge in [-0.2, -0.15) is 0 Å². The molecule has 6 aromatic rings. The third-order valence-corrected chi connectivity index (χ3v) is 9.66. The molecule has 0 spiro atoms. The van der Waals surface area contributed by atoms with Gasteiger partial charge >= 0.3 is 0 Å². The standard InChI is InChI=1S/C48H38N2/c1-2-10-35(11-3-1)37-26-29-42(30-27-37)48-20-8-16-43(32-45(34-50-48)39-23-21-38(22-24-39)44-17-9-31-49-33-44)36-13-6-14-41(28-25-36)47-19-7-15-40-12-4-5-18-46(40)47/h1-7,9-13,15-19,21-33H,8,14,20,34H2/b43-16+,45-32+,50-48+. The van der Waals surface area contributed by atoms with E-state index in [2.05, 4.69) is 169 Å². The minimum Gasteiger partial charge on any atom is -0.284 e. The van der Waals surface area contributed by atoms with Crippen LogP contribution in [0.4, 0.5) is 0 Å². The van der Waals surface area contributed by atoms with Crippen LogP contribution in [0.3, 0.4) is 0 Å². The van der Waals surface area contributed by atoms with E-state index >= 15 is 0 Å². The van der Waals surface area contributed by atoms with Gasteiger partial charge in [0.15, 0.2) is 0 Å². The zero-order chi connectivity index (χ0) is 33.5. The fraction of sp³-hybridized carbons (Fsp3) is 0.0833. The first kappa shape index (κ1) is 31.2. The topological polar surface area (TPSA) is 25.2 Å². The van der Waals surface area contributed by atoms with Crippen molar-refractivity contribution in [2.75, 3.05) is 6.54 Å². The third-order valence-electron chi connectivity index (χ3n) is 9.66. The van der Waals surface area contributed by atoms with Gasteiger partial charge in [0.05, 0.1) is 6.54 Å². The molecule has 50 heavy (non-hydrogen) atoms. The highest BCUT2D eigenvalue weighted by Gasteiger charge is 2.13. The molecule has 0 saturated carbocycles. The summed E-state index contributed by atoms with van der Waals surface area (Å²) < 4.78 is 0. The molecule has 2 aliphatic rings. The SMILES string of the molecule is C1=CC(C2=C/CC/C(c3ccc(-c4ccccc4)cc3)=N\C/C(c3ccc(-c4cccnc4)cc3)=C\2)=CC=C(c2cccc3ccccc23)C1. The number of aliphatic imine (C=N–C) groups is 1. The Morgan fingerprint density at radius 1 is 0.520 bits per heavy atom. The van der Waals surface area contributed by atoms with E-state index in [4.69, 9.17) is 4.99 Å².